The van der Waals surface area contributed by atoms with Crippen LogP contribution in [0.2, 0.25) is 0 Å². The fraction of sp³-hybridized carbons (Fsp3) is 0.389. The van der Waals surface area contributed by atoms with Gasteiger partial charge in [-0.25, -0.2) is 9.97 Å². The normalized spacial score (nSPS) is 20.9. The number of anilines is 1. The van der Waals surface area contributed by atoms with E-state index in [1.807, 2.05) is 24.3 Å². The maximum absolute atomic E-state index is 12.4. The summed E-state index contributed by atoms with van der Waals surface area (Å²) in [5.41, 5.74) is 1.73. The van der Waals surface area contributed by atoms with Crippen LogP contribution in [0.4, 0.5) is 5.69 Å². The summed E-state index contributed by atoms with van der Waals surface area (Å²) in [5, 5.41) is 3.00. The second-order valence-electron chi connectivity index (χ2n) is 5.76. The van der Waals surface area contributed by atoms with Crippen molar-refractivity contribution in [3.63, 3.8) is 0 Å². The summed E-state index contributed by atoms with van der Waals surface area (Å²) in [4.78, 5) is 20.8. The van der Waals surface area contributed by atoms with Gasteiger partial charge in [-0.05, 0) is 49.6 Å². The van der Waals surface area contributed by atoms with Crippen LogP contribution in [0.15, 0.2) is 42.7 Å². The van der Waals surface area contributed by atoms with E-state index in [1.54, 1.807) is 18.5 Å². The summed E-state index contributed by atoms with van der Waals surface area (Å²) in [5.74, 6) is 0.793. The summed E-state index contributed by atoms with van der Waals surface area (Å²) in [6.45, 7) is 2.76. The van der Waals surface area contributed by atoms with Crippen molar-refractivity contribution in [3.05, 3.63) is 42.7 Å². The predicted molar refractivity (Wildman–Crippen MR) is 88.9 cm³/mol. The first-order chi connectivity index (χ1) is 11.3. The number of carbonyl (C=O) groups is 1. The van der Waals surface area contributed by atoms with E-state index in [2.05, 4.69) is 22.2 Å². The fourth-order valence-corrected chi connectivity index (χ4v) is 2.80. The highest BCUT2D eigenvalue weighted by molar-refractivity contribution is 5.92. The molecule has 1 aliphatic rings. The van der Waals surface area contributed by atoms with Gasteiger partial charge in [0, 0.05) is 36.2 Å². The van der Waals surface area contributed by atoms with Crippen LogP contribution in [0, 0.1) is 5.92 Å². The summed E-state index contributed by atoms with van der Waals surface area (Å²) in [6, 6.07) is 9.41. The number of nitrogens with one attached hydrogen (secondary N) is 1. The molecule has 0 bridgehead atoms. The number of benzene rings is 1. The molecule has 1 amide bonds. The first-order valence-corrected chi connectivity index (χ1v) is 8.06. The van der Waals surface area contributed by atoms with Crippen LogP contribution in [0.1, 0.15) is 26.2 Å². The van der Waals surface area contributed by atoms with Crippen LogP contribution < -0.4 is 5.32 Å². The number of rotatable bonds is 4. The van der Waals surface area contributed by atoms with Crippen molar-refractivity contribution in [3.8, 4) is 11.4 Å². The van der Waals surface area contributed by atoms with Crippen molar-refractivity contribution in [1.82, 2.24) is 9.97 Å². The summed E-state index contributed by atoms with van der Waals surface area (Å²) >= 11 is 0. The predicted octanol–water partition coefficient (Wildman–Crippen LogP) is 3.29. The average Bonchev–Trinajstić information content (AvgIpc) is 2.63. The molecule has 3 rings (SSSR count). The number of amides is 1. The number of hydrogen-bond acceptors (Lipinski definition) is 4. The Hall–Kier alpha value is -2.27. The lowest BCUT2D eigenvalue weighted by molar-refractivity contribution is -0.124. The van der Waals surface area contributed by atoms with E-state index >= 15 is 0 Å². The van der Waals surface area contributed by atoms with Crippen LogP contribution in [0.25, 0.3) is 11.4 Å². The lowest BCUT2D eigenvalue weighted by Gasteiger charge is -2.28. The van der Waals surface area contributed by atoms with Crippen LogP contribution in [0.3, 0.4) is 0 Å². The molecule has 0 radical (unpaired) electrons. The van der Waals surface area contributed by atoms with Crippen molar-refractivity contribution in [2.45, 2.75) is 32.3 Å². The molecule has 2 heterocycles. The quantitative estimate of drug-likeness (QED) is 0.941. The molecular weight excluding hydrogens is 290 g/mol. The Balaban J connectivity index is 1.63. The molecule has 5 nitrogen and oxygen atoms in total. The van der Waals surface area contributed by atoms with Gasteiger partial charge in [0.05, 0.1) is 6.10 Å². The van der Waals surface area contributed by atoms with Gasteiger partial charge in [0.25, 0.3) is 0 Å². The molecule has 1 aliphatic heterocycles. The molecule has 1 saturated heterocycles. The Morgan fingerprint density at radius 1 is 1.26 bits per heavy atom. The Kier molecular flexibility index (Phi) is 4.98. The number of ether oxygens (including phenoxy) is 1. The number of hydrogen-bond donors (Lipinski definition) is 1. The highest BCUT2D eigenvalue weighted by atomic mass is 16.5. The van der Waals surface area contributed by atoms with Crippen molar-refractivity contribution >= 4 is 11.6 Å². The fourth-order valence-electron chi connectivity index (χ4n) is 2.80. The first kappa shape index (κ1) is 15.6. The van der Waals surface area contributed by atoms with E-state index in [9.17, 15) is 4.79 Å². The monoisotopic (exact) mass is 311 g/mol. The smallest absolute Gasteiger partial charge is 0.227 e. The molecule has 0 spiro atoms. The van der Waals surface area contributed by atoms with Gasteiger partial charge in [0.15, 0.2) is 5.82 Å². The average molecular weight is 311 g/mol. The standard InChI is InChI=1S/C18H21N3O2/c1-2-16-12-14(8-11-23-16)18(22)21-15-6-4-13(5-7-15)17-19-9-3-10-20-17/h3-7,9-10,14,16H,2,8,11-12H2,1H3,(H,21,22)/t14-,16+/m1/s1. The third kappa shape index (κ3) is 3.93. The number of aromatic nitrogens is 2. The minimum absolute atomic E-state index is 0.0332. The van der Waals surface area contributed by atoms with Gasteiger partial charge >= 0.3 is 0 Å². The summed E-state index contributed by atoms with van der Waals surface area (Å²) in [7, 11) is 0. The highest BCUT2D eigenvalue weighted by Gasteiger charge is 2.26. The van der Waals surface area contributed by atoms with Gasteiger partial charge in [0.1, 0.15) is 0 Å². The molecule has 1 fully saturated rings. The Morgan fingerprint density at radius 3 is 2.70 bits per heavy atom. The molecule has 0 unspecified atom stereocenters. The SMILES string of the molecule is CC[C@H]1C[C@H](C(=O)Nc2ccc(-c3ncccn3)cc2)CCO1. The van der Waals surface area contributed by atoms with Crippen molar-refractivity contribution in [2.24, 2.45) is 5.92 Å². The van der Waals surface area contributed by atoms with Crippen molar-refractivity contribution in [2.75, 3.05) is 11.9 Å². The molecule has 1 aromatic carbocycles. The van der Waals surface area contributed by atoms with E-state index < -0.39 is 0 Å². The molecule has 2 atom stereocenters. The maximum atomic E-state index is 12.4. The van der Waals surface area contributed by atoms with Crippen molar-refractivity contribution in [1.29, 1.82) is 0 Å². The van der Waals surface area contributed by atoms with Gasteiger partial charge in [0.2, 0.25) is 5.91 Å². The van der Waals surface area contributed by atoms with Crippen LogP contribution in [-0.4, -0.2) is 28.6 Å². The molecule has 0 aliphatic carbocycles. The van der Waals surface area contributed by atoms with Gasteiger partial charge in [-0.2, -0.15) is 0 Å². The van der Waals surface area contributed by atoms with Crippen LogP contribution in [-0.2, 0) is 9.53 Å². The van der Waals surface area contributed by atoms with E-state index in [-0.39, 0.29) is 17.9 Å². The van der Waals surface area contributed by atoms with E-state index in [0.717, 1.165) is 30.5 Å². The lowest BCUT2D eigenvalue weighted by atomic mass is 9.93. The molecule has 2 aromatic rings. The second kappa shape index (κ2) is 7.33. The molecule has 23 heavy (non-hydrogen) atoms. The van der Waals surface area contributed by atoms with E-state index in [4.69, 9.17) is 4.74 Å². The molecule has 120 valence electrons. The molecule has 1 N–H and O–H groups in total. The van der Waals surface area contributed by atoms with Crippen molar-refractivity contribution < 1.29 is 9.53 Å². The lowest BCUT2D eigenvalue weighted by Crippen LogP contribution is -2.33. The topological polar surface area (TPSA) is 64.1 Å². The third-order valence-corrected chi connectivity index (χ3v) is 4.17. The van der Waals surface area contributed by atoms with E-state index in [1.165, 1.54) is 0 Å². The zero-order valence-corrected chi connectivity index (χ0v) is 13.2. The van der Waals surface area contributed by atoms with E-state index in [0.29, 0.717) is 12.4 Å². The first-order valence-electron chi connectivity index (χ1n) is 8.06. The Bertz CT molecular complexity index is 643. The number of carbonyl (C=O) groups excluding carboxylic acids is 1. The minimum Gasteiger partial charge on any atom is -0.378 e. The molecule has 5 heteroatoms. The van der Waals surface area contributed by atoms with Crippen LogP contribution in [0.5, 0.6) is 0 Å². The van der Waals surface area contributed by atoms with Gasteiger partial charge in [-0.3, -0.25) is 4.79 Å². The number of nitrogens with zero attached hydrogens (tertiary/aromatic N) is 2. The van der Waals surface area contributed by atoms with Gasteiger partial charge in [-0.1, -0.05) is 6.92 Å². The molecule has 1 aromatic heterocycles. The molecular formula is C18H21N3O2. The van der Waals surface area contributed by atoms with Gasteiger partial charge < -0.3 is 10.1 Å². The zero-order valence-electron chi connectivity index (χ0n) is 13.2. The Morgan fingerprint density at radius 2 is 2.00 bits per heavy atom. The third-order valence-electron chi connectivity index (χ3n) is 4.17. The highest BCUT2D eigenvalue weighted by Crippen LogP contribution is 2.24. The Labute approximate surface area is 136 Å². The largest absolute Gasteiger partial charge is 0.378 e. The maximum Gasteiger partial charge on any atom is 0.227 e. The van der Waals surface area contributed by atoms with Gasteiger partial charge in [-0.15, -0.1) is 0 Å². The summed E-state index contributed by atoms with van der Waals surface area (Å²) in [6.07, 6.45) is 6.18. The summed E-state index contributed by atoms with van der Waals surface area (Å²) < 4.78 is 5.63. The minimum atomic E-state index is 0.0332. The van der Waals surface area contributed by atoms with Crippen LogP contribution >= 0.6 is 0 Å². The zero-order chi connectivity index (χ0) is 16.1. The second-order valence-corrected chi connectivity index (χ2v) is 5.76. The molecule has 0 saturated carbocycles.